The quantitative estimate of drug-likeness (QED) is 0.850. The molecule has 1 aromatic carbocycles. The van der Waals surface area contributed by atoms with Gasteiger partial charge >= 0.3 is 0 Å². The van der Waals surface area contributed by atoms with Crippen LogP contribution in [0.2, 0.25) is 0 Å². The Balaban J connectivity index is 2.35. The zero-order valence-corrected chi connectivity index (χ0v) is 9.29. The molecule has 0 spiro atoms. The molecule has 1 N–H and O–H groups in total. The van der Waals surface area contributed by atoms with Gasteiger partial charge in [0.25, 0.3) is 0 Å². The molecule has 0 amide bonds. The molecule has 0 saturated heterocycles. The summed E-state index contributed by atoms with van der Waals surface area (Å²) in [5.41, 5.74) is 2.08. The van der Waals surface area contributed by atoms with Gasteiger partial charge in [-0.25, -0.2) is 0 Å². The van der Waals surface area contributed by atoms with Crippen molar-refractivity contribution in [2.45, 2.75) is 19.8 Å². The lowest BCUT2D eigenvalue weighted by atomic mass is 10.1. The van der Waals surface area contributed by atoms with E-state index in [1.54, 1.807) is 0 Å². The van der Waals surface area contributed by atoms with Gasteiger partial charge in [0.1, 0.15) is 5.75 Å². The van der Waals surface area contributed by atoms with Crippen LogP contribution in [0.25, 0.3) is 10.9 Å². The Morgan fingerprint density at radius 2 is 2.31 bits per heavy atom. The van der Waals surface area contributed by atoms with E-state index < -0.39 is 0 Å². The van der Waals surface area contributed by atoms with Crippen molar-refractivity contribution in [1.82, 2.24) is 4.98 Å². The lowest BCUT2D eigenvalue weighted by Crippen LogP contribution is -1.94. The number of fused-ring (bicyclic) bond motifs is 1. The van der Waals surface area contributed by atoms with E-state index in [-0.39, 0.29) is 0 Å². The molecule has 1 aromatic heterocycles. The second-order valence-corrected chi connectivity index (χ2v) is 3.70. The van der Waals surface area contributed by atoms with Crippen molar-refractivity contribution in [2.24, 2.45) is 0 Å². The number of hydrogen-bond donors (Lipinski definition) is 1. The molecule has 0 bridgehead atoms. The predicted octanol–water partition coefficient (Wildman–Crippen LogP) is 3.02. The minimum atomic E-state index is 0.428. The molecule has 16 heavy (non-hydrogen) atoms. The summed E-state index contributed by atoms with van der Waals surface area (Å²) in [6, 6.07) is 8.09. The van der Waals surface area contributed by atoms with Gasteiger partial charge in [-0.1, -0.05) is 6.92 Å². The zero-order chi connectivity index (χ0) is 11.4. The van der Waals surface area contributed by atoms with E-state index >= 15 is 0 Å². The highest BCUT2D eigenvalue weighted by Crippen LogP contribution is 2.24. The Labute approximate surface area is 94.7 Å². The molecule has 2 rings (SSSR count). The van der Waals surface area contributed by atoms with Gasteiger partial charge in [0, 0.05) is 17.1 Å². The fourth-order valence-corrected chi connectivity index (χ4v) is 1.70. The van der Waals surface area contributed by atoms with Crippen LogP contribution in [0.4, 0.5) is 0 Å². The Kier molecular flexibility index (Phi) is 3.11. The second-order valence-electron chi connectivity index (χ2n) is 3.70. The van der Waals surface area contributed by atoms with Crippen LogP contribution in [0.5, 0.6) is 5.75 Å². The molecule has 1 heterocycles. The van der Waals surface area contributed by atoms with Gasteiger partial charge in [0.2, 0.25) is 0 Å². The molecular formula is C13H14N2O. The first-order valence-electron chi connectivity index (χ1n) is 5.45. The van der Waals surface area contributed by atoms with Gasteiger partial charge in [0.15, 0.2) is 0 Å². The van der Waals surface area contributed by atoms with Crippen LogP contribution in [-0.4, -0.2) is 11.6 Å². The summed E-state index contributed by atoms with van der Waals surface area (Å²) in [7, 11) is 0. The number of nitrogens with one attached hydrogen (secondary N) is 1. The van der Waals surface area contributed by atoms with E-state index in [1.807, 2.05) is 24.4 Å². The van der Waals surface area contributed by atoms with E-state index in [1.165, 1.54) is 0 Å². The fraction of sp³-hybridized carbons (Fsp3) is 0.308. The largest absolute Gasteiger partial charge is 0.494 e. The number of nitriles is 1. The first-order chi connectivity index (χ1) is 7.85. The van der Waals surface area contributed by atoms with Crippen LogP contribution in [0.3, 0.4) is 0 Å². The van der Waals surface area contributed by atoms with Crippen LogP contribution in [0, 0.1) is 11.3 Å². The predicted molar refractivity (Wildman–Crippen MR) is 63.4 cm³/mol. The maximum Gasteiger partial charge on any atom is 0.120 e. The van der Waals surface area contributed by atoms with Gasteiger partial charge in [0.05, 0.1) is 19.1 Å². The first kappa shape index (κ1) is 10.6. The number of ether oxygens (including phenoxy) is 1. The second kappa shape index (κ2) is 4.71. The van der Waals surface area contributed by atoms with Gasteiger partial charge in [-0.05, 0) is 30.2 Å². The summed E-state index contributed by atoms with van der Waals surface area (Å²) >= 11 is 0. The SMILES string of the molecule is CCCOc1ccc2[nH]cc(CC#N)c2c1. The van der Waals surface area contributed by atoms with Crippen molar-refractivity contribution < 1.29 is 4.74 Å². The Morgan fingerprint density at radius 3 is 3.06 bits per heavy atom. The molecule has 0 saturated carbocycles. The van der Waals surface area contributed by atoms with Gasteiger partial charge in [-0.2, -0.15) is 5.26 Å². The van der Waals surface area contributed by atoms with Crippen LogP contribution < -0.4 is 4.74 Å². The Bertz CT molecular complexity index is 522. The number of aromatic amines is 1. The Morgan fingerprint density at radius 1 is 1.44 bits per heavy atom. The molecule has 3 heteroatoms. The van der Waals surface area contributed by atoms with E-state index in [2.05, 4.69) is 18.0 Å². The number of aromatic nitrogens is 1. The highest BCUT2D eigenvalue weighted by Gasteiger charge is 2.04. The monoisotopic (exact) mass is 214 g/mol. The van der Waals surface area contributed by atoms with Crippen LogP contribution in [-0.2, 0) is 6.42 Å². The van der Waals surface area contributed by atoms with Crippen molar-refractivity contribution in [3.8, 4) is 11.8 Å². The highest BCUT2D eigenvalue weighted by atomic mass is 16.5. The minimum absolute atomic E-state index is 0.428. The molecule has 82 valence electrons. The third-order valence-electron chi connectivity index (χ3n) is 2.48. The molecule has 3 nitrogen and oxygen atoms in total. The van der Waals surface area contributed by atoms with Crippen molar-refractivity contribution >= 4 is 10.9 Å². The molecule has 0 aliphatic rings. The van der Waals surface area contributed by atoms with Crippen LogP contribution in [0.15, 0.2) is 24.4 Å². The van der Waals surface area contributed by atoms with Crippen molar-refractivity contribution in [1.29, 1.82) is 5.26 Å². The van der Waals surface area contributed by atoms with Crippen molar-refractivity contribution in [2.75, 3.05) is 6.61 Å². The summed E-state index contributed by atoms with van der Waals surface area (Å²) < 4.78 is 5.57. The van der Waals surface area contributed by atoms with Gasteiger partial charge in [-0.15, -0.1) is 0 Å². The number of benzene rings is 1. The van der Waals surface area contributed by atoms with Gasteiger partial charge < -0.3 is 9.72 Å². The summed E-state index contributed by atoms with van der Waals surface area (Å²) in [5, 5.41) is 9.79. The third kappa shape index (κ3) is 2.01. The maximum absolute atomic E-state index is 8.71. The average Bonchev–Trinajstić information content (AvgIpc) is 2.70. The zero-order valence-electron chi connectivity index (χ0n) is 9.29. The van der Waals surface area contributed by atoms with E-state index in [0.29, 0.717) is 6.42 Å². The maximum atomic E-state index is 8.71. The van der Waals surface area contributed by atoms with E-state index in [0.717, 1.165) is 35.2 Å². The standard InChI is InChI=1S/C13H14N2O/c1-2-7-16-11-3-4-13-12(8-11)10(5-6-14)9-15-13/h3-4,8-9,15H,2,5,7H2,1H3. The Hall–Kier alpha value is -1.95. The molecule has 0 unspecified atom stereocenters. The normalized spacial score (nSPS) is 10.2. The van der Waals surface area contributed by atoms with Gasteiger partial charge in [-0.3, -0.25) is 0 Å². The first-order valence-corrected chi connectivity index (χ1v) is 5.45. The number of hydrogen-bond acceptors (Lipinski definition) is 2. The van der Waals surface area contributed by atoms with Crippen molar-refractivity contribution in [3.05, 3.63) is 30.0 Å². The molecule has 0 atom stereocenters. The van der Waals surface area contributed by atoms with E-state index in [4.69, 9.17) is 10.00 Å². The summed E-state index contributed by atoms with van der Waals surface area (Å²) in [6.07, 6.45) is 3.31. The number of H-pyrrole nitrogens is 1. The lowest BCUT2D eigenvalue weighted by Gasteiger charge is -2.04. The topological polar surface area (TPSA) is 48.8 Å². The highest BCUT2D eigenvalue weighted by molar-refractivity contribution is 5.84. The van der Waals surface area contributed by atoms with Crippen molar-refractivity contribution in [3.63, 3.8) is 0 Å². The molecule has 0 radical (unpaired) electrons. The van der Waals surface area contributed by atoms with Crippen LogP contribution >= 0.6 is 0 Å². The molecule has 2 aromatic rings. The summed E-state index contributed by atoms with van der Waals surface area (Å²) in [4.78, 5) is 3.15. The minimum Gasteiger partial charge on any atom is -0.494 e. The molecule has 0 aliphatic carbocycles. The molecular weight excluding hydrogens is 200 g/mol. The summed E-state index contributed by atoms with van der Waals surface area (Å²) in [5.74, 6) is 0.869. The molecule has 0 fully saturated rings. The lowest BCUT2D eigenvalue weighted by molar-refractivity contribution is 0.318. The fourth-order valence-electron chi connectivity index (χ4n) is 1.70. The molecule has 0 aliphatic heterocycles. The third-order valence-corrected chi connectivity index (χ3v) is 2.48. The van der Waals surface area contributed by atoms with E-state index in [9.17, 15) is 0 Å². The summed E-state index contributed by atoms with van der Waals surface area (Å²) in [6.45, 7) is 2.81. The van der Waals surface area contributed by atoms with Crippen LogP contribution in [0.1, 0.15) is 18.9 Å². The number of rotatable bonds is 4. The smallest absolute Gasteiger partial charge is 0.120 e. The number of nitrogens with zero attached hydrogens (tertiary/aromatic N) is 1. The average molecular weight is 214 g/mol.